The number of β-amino-alcohol motifs (C(OH)–C–C–N with tert-alkyl or cyclic N) is 1. The molecule has 0 unspecified atom stereocenters. The number of carbonyl (C=O) groups excluding carboxylic acids is 1. The summed E-state index contributed by atoms with van der Waals surface area (Å²) in [5.74, 6) is 0.272. The van der Waals surface area contributed by atoms with Gasteiger partial charge in [-0.1, -0.05) is 6.07 Å². The maximum Gasteiger partial charge on any atom is 0.410 e. The van der Waals surface area contributed by atoms with E-state index < -0.39 is 28.8 Å². The average Bonchev–Trinajstić information content (AvgIpc) is 2.79. The van der Waals surface area contributed by atoms with Crippen molar-refractivity contribution in [3.8, 4) is 5.75 Å². The van der Waals surface area contributed by atoms with E-state index in [1.54, 1.807) is 26.8 Å². The van der Waals surface area contributed by atoms with Gasteiger partial charge in [0.05, 0.1) is 24.1 Å². The molecule has 0 aliphatic carbocycles. The van der Waals surface area contributed by atoms with Gasteiger partial charge in [0.15, 0.2) is 0 Å². The largest absolute Gasteiger partial charge is 0.486 e. The number of benzene rings is 1. The molecule has 0 radical (unpaired) electrons. The van der Waals surface area contributed by atoms with Gasteiger partial charge in [0.1, 0.15) is 23.6 Å². The summed E-state index contributed by atoms with van der Waals surface area (Å²) >= 11 is 0. The Hall–Kier alpha value is -2.35. The maximum atomic E-state index is 12.0. The number of nitrogens with zero attached hydrogens (tertiary/aromatic N) is 2. The first kappa shape index (κ1) is 17.0. The molecule has 1 aliphatic heterocycles. The number of nitro benzene ring substituents is 1. The SMILES string of the molecule is CC(C)(C)OC(=O)N1C[C@@H](O)[C@H](Oc2cccc([N+](=O)[O-])c2)C1. The van der Waals surface area contributed by atoms with E-state index in [1.165, 1.54) is 23.1 Å². The van der Waals surface area contributed by atoms with Crippen LogP contribution in [0.3, 0.4) is 0 Å². The third kappa shape index (κ3) is 4.56. The molecule has 8 nitrogen and oxygen atoms in total. The van der Waals surface area contributed by atoms with Crippen LogP contribution < -0.4 is 4.74 Å². The molecule has 0 spiro atoms. The molecule has 1 aliphatic rings. The summed E-state index contributed by atoms with van der Waals surface area (Å²) in [6, 6.07) is 5.70. The van der Waals surface area contributed by atoms with Gasteiger partial charge >= 0.3 is 6.09 Å². The standard InChI is InChI=1S/C15H20N2O6/c1-15(2,3)23-14(19)16-8-12(18)13(9-16)22-11-6-4-5-10(7-11)17(20)21/h4-7,12-13,18H,8-9H2,1-3H3/t12-,13-/m1/s1. The summed E-state index contributed by atoms with van der Waals surface area (Å²) in [5, 5.41) is 20.8. The van der Waals surface area contributed by atoms with Crippen molar-refractivity contribution in [3.05, 3.63) is 34.4 Å². The number of rotatable bonds is 3. The Morgan fingerprint density at radius 3 is 2.70 bits per heavy atom. The van der Waals surface area contributed by atoms with Crippen molar-refractivity contribution in [3.63, 3.8) is 0 Å². The highest BCUT2D eigenvalue weighted by Gasteiger charge is 2.37. The smallest absolute Gasteiger partial charge is 0.410 e. The molecule has 2 rings (SSSR count). The predicted molar refractivity (Wildman–Crippen MR) is 81.3 cm³/mol. The molecule has 1 saturated heterocycles. The van der Waals surface area contributed by atoms with Crippen molar-refractivity contribution in [1.29, 1.82) is 0 Å². The molecule has 126 valence electrons. The van der Waals surface area contributed by atoms with Crippen LogP contribution in [-0.2, 0) is 4.74 Å². The number of non-ortho nitro benzene ring substituents is 1. The van der Waals surface area contributed by atoms with Gasteiger partial charge in [-0.05, 0) is 26.8 Å². The van der Waals surface area contributed by atoms with Crippen LogP contribution in [0.2, 0.25) is 0 Å². The van der Waals surface area contributed by atoms with E-state index in [0.29, 0.717) is 0 Å². The van der Waals surface area contributed by atoms with Gasteiger partial charge in [-0.3, -0.25) is 10.1 Å². The number of hydrogen-bond acceptors (Lipinski definition) is 6. The molecule has 8 heteroatoms. The van der Waals surface area contributed by atoms with Crippen LogP contribution in [0, 0.1) is 10.1 Å². The van der Waals surface area contributed by atoms with Gasteiger partial charge in [0, 0.05) is 6.07 Å². The van der Waals surface area contributed by atoms with Gasteiger partial charge < -0.3 is 19.5 Å². The number of ether oxygens (including phenoxy) is 2. The Morgan fingerprint density at radius 1 is 1.39 bits per heavy atom. The number of hydrogen-bond donors (Lipinski definition) is 1. The Labute approximate surface area is 133 Å². The van der Waals surface area contributed by atoms with Crippen LogP contribution in [0.15, 0.2) is 24.3 Å². The van der Waals surface area contributed by atoms with Gasteiger partial charge in [-0.25, -0.2) is 4.79 Å². The summed E-state index contributed by atoms with van der Waals surface area (Å²) in [7, 11) is 0. The Bertz CT molecular complexity index is 598. The van der Waals surface area contributed by atoms with E-state index in [1.807, 2.05) is 0 Å². The topological polar surface area (TPSA) is 102 Å². The van der Waals surface area contributed by atoms with Crippen molar-refractivity contribution >= 4 is 11.8 Å². The number of carbonyl (C=O) groups is 1. The number of likely N-dealkylation sites (tertiary alicyclic amines) is 1. The molecule has 0 aromatic heterocycles. The predicted octanol–water partition coefficient (Wildman–Crippen LogP) is 1.95. The van der Waals surface area contributed by atoms with E-state index in [2.05, 4.69) is 0 Å². The molecule has 1 aromatic carbocycles. The molecule has 0 saturated carbocycles. The van der Waals surface area contributed by atoms with E-state index in [4.69, 9.17) is 9.47 Å². The number of aliphatic hydroxyl groups excluding tert-OH is 1. The first-order chi connectivity index (χ1) is 10.7. The van der Waals surface area contributed by atoms with Gasteiger partial charge in [0.2, 0.25) is 0 Å². The second-order valence-electron chi connectivity index (χ2n) is 6.36. The van der Waals surface area contributed by atoms with Gasteiger partial charge in [-0.15, -0.1) is 0 Å². The van der Waals surface area contributed by atoms with Gasteiger partial charge in [-0.2, -0.15) is 0 Å². The van der Waals surface area contributed by atoms with Crippen molar-refractivity contribution in [1.82, 2.24) is 4.90 Å². The molecular weight excluding hydrogens is 304 g/mol. The summed E-state index contributed by atoms with van der Waals surface area (Å²) in [6.45, 7) is 5.52. The lowest BCUT2D eigenvalue weighted by molar-refractivity contribution is -0.385. The lowest BCUT2D eigenvalue weighted by Crippen LogP contribution is -2.36. The summed E-state index contributed by atoms with van der Waals surface area (Å²) < 4.78 is 10.8. The van der Waals surface area contributed by atoms with Crippen molar-refractivity contribution in [2.45, 2.75) is 38.6 Å². The van der Waals surface area contributed by atoms with E-state index in [9.17, 15) is 20.0 Å². The van der Waals surface area contributed by atoms with Crippen LogP contribution >= 0.6 is 0 Å². The fourth-order valence-electron chi connectivity index (χ4n) is 2.19. The van der Waals surface area contributed by atoms with E-state index in [0.717, 1.165) is 0 Å². The quantitative estimate of drug-likeness (QED) is 0.673. The minimum atomic E-state index is -0.887. The molecule has 1 aromatic rings. The zero-order valence-corrected chi connectivity index (χ0v) is 13.3. The second kappa shape index (κ2) is 6.41. The number of amides is 1. The van der Waals surface area contributed by atoms with Crippen LogP contribution in [-0.4, -0.2) is 51.9 Å². The average molecular weight is 324 g/mol. The molecule has 2 atom stereocenters. The van der Waals surface area contributed by atoms with Crippen LogP contribution in [0.5, 0.6) is 5.75 Å². The third-order valence-corrected chi connectivity index (χ3v) is 3.20. The highest BCUT2D eigenvalue weighted by atomic mass is 16.6. The molecule has 1 N–H and O–H groups in total. The summed E-state index contributed by atoms with van der Waals surface area (Å²) in [4.78, 5) is 23.6. The number of nitro groups is 1. The van der Waals surface area contributed by atoms with E-state index in [-0.39, 0.29) is 24.5 Å². The Kier molecular flexibility index (Phi) is 4.74. The Balaban J connectivity index is 2.01. The normalized spacial score (nSPS) is 21.1. The first-order valence-corrected chi connectivity index (χ1v) is 7.23. The lowest BCUT2D eigenvalue weighted by atomic mass is 10.2. The third-order valence-electron chi connectivity index (χ3n) is 3.20. The highest BCUT2D eigenvalue weighted by Crippen LogP contribution is 2.24. The van der Waals surface area contributed by atoms with Crippen LogP contribution in [0.25, 0.3) is 0 Å². The summed E-state index contributed by atoms with van der Waals surface area (Å²) in [6.07, 6.45) is -2.08. The highest BCUT2D eigenvalue weighted by molar-refractivity contribution is 5.68. The fraction of sp³-hybridized carbons (Fsp3) is 0.533. The molecular formula is C15H20N2O6. The zero-order valence-electron chi connectivity index (χ0n) is 13.3. The van der Waals surface area contributed by atoms with Crippen molar-refractivity contribution in [2.24, 2.45) is 0 Å². The molecule has 1 heterocycles. The summed E-state index contributed by atoms with van der Waals surface area (Å²) in [5.41, 5.74) is -0.722. The van der Waals surface area contributed by atoms with Gasteiger partial charge in [0.25, 0.3) is 5.69 Å². The van der Waals surface area contributed by atoms with Crippen LogP contribution in [0.1, 0.15) is 20.8 Å². The molecule has 23 heavy (non-hydrogen) atoms. The zero-order chi connectivity index (χ0) is 17.2. The van der Waals surface area contributed by atoms with Crippen molar-refractivity contribution < 1.29 is 24.3 Å². The lowest BCUT2D eigenvalue weighted by Gasteiger charge is -2.24. The Morgan fingerprint density at radius 2 is 2.09 bits per heavy atom. The fourth-order valence-corrected chi connectivity index (χ4v) is 2.19. The van der Waals surface area contributed by atoms with E-state index >= 15 is 0 Å². The first-order valence-electron chi connectivity index (χ1n) is 7.23. The minimum Gasteiger partial charge on any atom is -0.486 e. The minimum absolute atomic E-state index is 0.0918. The molecule has 0 bridgehead atoms. The maximum absolute atomic E-state index is 12.0. The molecule has 1 amide bonds. The monoisotopic (exact) mass is 324 g/mol. The number of aliphatic hydroxyl groups is 1. The second-order valence-corrected chi connectivity index (χ2v) is 6.36. The molecule has 1 fully saturated rings. The van der Waals surface area contributed by atoms with Crippen LogP contribution in [0.4, 0.5) is 10.5 Å². The van der Waals surface area contributed by atoms with Crippen molar-refractivity contribution in [2.75, 3.05) is 13.1 Å².